The number of nitrogens with zero attached hydrogens (tertiary/aromatic N) is 2. The van der Waals surface area contributed by atoms with Crippen molar-refractivity contribution >= 4 is 11.8 Å². The van der Waals surface area contributed by atoms with Crippen LogP contribution < -0.4 is 5.32 Å². The van der Waals surface area contributed by atoms with E-state index >= 15 is 0 Å². The van der Waals surface area contributed by atoms with Gasteiger partial charge in [0.1, 0.15) is 0 Å². The third kappa shape index (κ3) is 6.65. The highest BCUT2D eigenvalue weighted by molar-refractivity contribution is 5.81. The van der Waals surface area contributed by atoms with Crippen LogP contribution in [0.1, 0.15) is 51.7 Å². The van der Waals surface area contributed by atoms with Crippen LogP contribution in [0.3, 0.4) is 0 Å². The molecule has 0 atom stereocenters. The summed E-state index contributed by atoms with van der Waals surface area (Å²) in [4.78, 5) is 28.5. The lowest BCUT2D eigenvalue weighted by molar-refractivity contribution is -0.141. The van der Waals surface area contributed by atoms with Crippen LogP contribution >= 0.6 is 0 Å². The van der Waals surface area contributed by atoms with Crippen molar-refractivity contribution < 1.29 is 9.59 Å². The zero-order chi connectivity index (χ0) is 20.0. The van der Waals surface area contributed by atoms with Crippen LogP contribution in [-0.4, -0.2) is 60.9 Å². The van der Waals surface area contributed by atoms with Crippen LogP contribution in [-0.2, 0) is 16.0 Å². The van der Waals surface area contributed by atoms with Gasteiger partial charge < -0.3 is 10.2 Å². The van der Waals surface area contributed by atoms with Crippen molar-refractivity contribution in [3.05, 3.63) is 35.4 Å². The standard InChI is InChI=1S/C22H35N3O2/c1-17(2)19-8-6-18(7-9-19)10-11-23-20(26)16-24-12-14-25(15-13-24)21(27)22(3,4)5/h6-9,17H,10-16H2,1-5H3,(H,23,26). The molecule has 2 rings (SSSR count). The smallest absolute Gasteiger partial charge is 0.234 e. The van der Waals surface area contributed by atoms with Crippen LogP contribution in [0, 0.1) is 5.41 Å². The molecule has 0 saturated carbocycles. The highest BCUT2D eigenvalue weighted by atomic mass is 16.2. The van der Waals surface area contributed by atoms with E-state index in [-0.39, 0.29) is 17.2 Å². The largest absolute Gasteiger partial charge is 0.355 e. The van der Waals surface area contributed by atoms with E-state index in [9.17, 15) is 9.59 Å². The normalized spacial score (nSPS) is 15.9. The fourth-order valence-corrected chi connectivity index (χ4v) is 3.26. The van der Waals surface area contributed by atoms with Gasteiger partial charge in [0.25, 0.3) is 0 Å². The Hall–Kier alpha value is -1.88. The molecule has 1 aliphatic rings. The van der Waals surface area contributed by atoms with Crippen LogP contribution in [0.2, 0.25) is 0 Å². The van der Waals surface area contributed by atoms with Gasteiger partial charge in [-0.05, 0) is 23.5 Å². The van der Waals surface area contributed by atoms with Gasteiger partial charge in [-0.25, -0.2) is 0 Å². The summed E-state index contributed by atoms with van der Waals surface area (Å²) in [5, 5.41) is 3.01. The van der Waals surface area contributed by atoms with Crippen molar-refractivity contribution in [2.75, 3.05) is 39.3 Å². The minimum absolute atomic E-state index is 0.0596. The summed E-state index contributed by atoms with van der Waals surface area (Å²) >= 11 is 0. The summed E-state index contributed by atoms with van der Waals surface area (Å²) < 4.78 is 0. The second-order valence-electron chi connectivity index (χ2n) is 8.81. The predicted octanol–water partition coefficient (Wildman–Crippen LogP) is 2.66. The predicted molar refractivity (Wildman–Crippen MR) is 110 cm³/mol. The summed E-state index contributed by atoms with van der Waals surface area (Å²) in [7, 11) is 0. The summed E-state index contributed by atoms with van der Waals surface area (Å²) in [6, 6.07) is 8.63. The van der Waals surface area contributed by atoms with E-state index in [0.717, 1.165) is 19.5 Å². The number of benzene rings is 1. The number of carbonyl (C=O) groups is 2. The molecule has 0 radical (unpaired) electrons. The van der Waals surface area contributed by atoms with E-state index < -0.39 is 0 Å². The minimum Gasteiger partial charge on any atom is -0.355 e. The summed E-state index contributed by atoms with van der Waals surface area (Å²) in [5.41, 5.74) is 2.24. The van der Waals surface area contributed by atoms with Crippen LogP contribution in [0.4, 0.5) is 0 Å². The Labute approximate surface area is 164 Å². The molecule has 1 aromatic rings. The Morgan fingerprint density at radius 1 is 1.04 bits per heavy atom. The molecule has 1 aromatic carbocycles. The van der Waals surface area contributed by atoms with E-state index in [1.54, 1.807) is 0 Å². The Balaban J connectivity index is 1.67. The van der Waals surface area contributed by atoms with Gasteiger partial charge >= 0.3 is 0 Å². The van der Waals surface area contributed by atoms with Gasteiger partial charge in [0.15, 0.2) is 0 Å². The number of hydrogen-bond acceptors (Lipinski definition) is 3. The molecule has 5 heteroatoms. The molecule has 1 heterocycles. The molecule has 5 nitrogen and oxygen atoms in total. The topological polar surface area (TPSA) is 52.7 Å². The van der Waals surface area contributed by atoms with Crippen molar-refractivity contribution in [1.82, 2.24) is 15.1 Å². The molecular weight excluding hydrogens is 338 g/mol. The quantitative estimate of drug-likeness (QED) is 0.834. The number of piperazine rings is 1. The minimum atomic E-state index is -0.340. The number of nitrogens with one attached hydrogen (secondary N) is 1. The number of amides is 2. The fourth-order valence-electron chi connectivity index (χ4n) is 3.26. The molecule has 0 spiro atoms. The number of carbonyl (C=O) groups excluding carboxylic acids is 2. The maximum absolute atomic E-state index is 12.3. The summed E-state index contributed by atoms with van der Waals surface area (Å²) in [5.74, 6) is 0.789. The zero-order valence-electron chi connectivity index (χ0n) is 17.5. The van der Waals surface area contributed by atoms with Crippen LogP contribution in [0.5, 0.6) is 0 Å². The Morgan fingerprint density at radius 2 is 1.63 bits per heavy atom. The second-order valence-corrected chi connectivity index (χ2v) is 8.81. The molecule has 150 valence electrons. The van der Waals surface area contributed by atoms with E-state index in [1.165, 1.54) is 11.1 Å². The van der Waals surface area contributed by atoms with Gasteiger partial charge in [-0.2, -0.15) is 0 Å². The number of hydrogen-bond donors (Lipinski definition) is 1. The van der Waals surface area contributed by atoms with E-state index in [2.05, 4.69) is 48.3 Å². The monoisotopic (exact) mass is 373 g/mol. The molecule has 0 unspecified atom stereocenters. The van der Waals surface area contributed by atoms with Gasteiger partial charge in [-0.15, -0.1) is 0 Å². The second kappa shape index (κ2) is 9.36. The SMILES string of the molecule is CC(C)c1ccc(CCNC(=O)CN2CCN(C(=O)C(C)(C)C)CC2)cc1. The Morgan fingerprint density at radius 3 is 2.15 bits per heavy atom. The van der Waals surface area contributed by atoms with Crippen molar-refractivity contribution in [3.63, 3.8) is 0 Å². The third-order valence-corrected chi connectivity index (χ3v) is 5.05. The van der Waals surface area contributed by atoms with Crippen molar-refractivity contribution in [2.45, 2.75) is 47.0 Å². The first-order valence-electron chi connectivity index (χ1n) is 10.0. The maximum atomic E-state index is 12.3. The van der Waals surface area contributed by atoms with Crippen molar-refractivity contribution in [2.24, 2.45) is 5.41 Å². The van der Waals surface area contributed by atoms with E-state index in [0.29, 0.717) is 32.1 Å². The van der Waals surface area contributed by atoms with Gasteiger partial charge in [0.2, 0.25) is 11.8 Å². The van der Waals surface area contributed by atoms with Crippen LogP contribution in [0.25, 0.3) is 0 Å². The molecule has 1 fully saturated rings. The van der Waals surface area contributed by atoms with Gasteiger partial charge in [0.05, 0.1) is 6.54 Å². The van der Waals surface area contributed by atoms with Gasteiger partial charge in [0, 0.05) is 38.1 Å². The van der Waals surface area contributed by atoms with Gasteiger partial charge in [-0.3, -0.25) is 14.5 Å². The van der Waals surface area contributed by atoms with E-state index in [4.69, 9.17) is 0 Å². The van der Waals surface area contributed by atoms with E-state index in [1.807, 2.05) is 25.7 Å². The average molecular weight is 374 g/mol. The lowest BCUT2D eigenvalue weighted by Crippen LogP contribution is -2.53. The van der Waals surface area contributed by atoms with Crippen LogP contribution in [0.15, 0.2) is 24.3 Å². The molecule has 1 N–H and O–H groups in total. The fraction of sp³-hybridized carbons (Fsp3) is 0.636. The molecule has 0 aliphatic carbocycles. The molecule has 27 heavy (non-hydrogen) atoms. The third-order valence-electron chi connectivity index (χ3n) is 5.05. The number of rotatable bonds is 6. The summed E-state index contributed by atoms with van der Waals surface area (Å²) in [6.45, 7) is 14.2. The molecule has 0 aromatic heterocycles. The molecule has 1 aliphatic heterocycles. The lowest BCUT2D eigenvalue weighted by atomic mass is 9.94. The Kier molecular flexibility index (Phi) is 7.42. The highest BCUT2D eigenvalue weighted by Crippen LogP contribution is 2.18. The van der Waals surface area contributed by atoms with Crippen molar-refractivity contribution in [1.29, 1.82) is 0 Å². The average Bonchev–Trinajstić information content (AvgIpc) is 2.61. The van der Waals surface area contributed by atoms with Gasteiger partial charge in [-0.1, -0.05) is 58.9 Å². The zero-order valence-corrected chi connectivity index (χ0v) is 17.5. The molecular formula is C22H35N3O2. The summed E-state index contributed by atoms with van der Waals surface area (Å²) in [6.07, 6.45) is 0.845. The Bertz CT molecular complexity index is 624. The lowest BCUT2D eigenvalue weighted by Gasteiger charge is -2.37. The maximum Gasteiger partial charge on any atom is 0.234 e. The first-order chi connectivity index (χ1) is 12.7. The highest BCUT2D eigenvalue weighted by Gasteiger charge is 2.29. The molecule has 1 saturated heterocycles. The molecule has 2 amide bonds. The van der Waals surface area contributed by atoms with Crippen molar-refractivity contribution in [3.8, 4) is 0 Å². The first kappa shape index (κ1) is 21.4. The molecule has 0 bridgehead atoms. The first-order valence-corrected chi connectivity index (χ1v) is 10.0.